The molecule has 2 aliphatic rings. The van der Waals surface area contributed by atoms with Gasteiger partial charge in [-0.05, 0) is 42.2 Å². The highest BCUT2D eigenvalue weighted by Gasteiger charge is 2.53. The van der Waals surface area contributed by atoms with Crippen LogP contribution in [0.15, 0.2) is 67.0 Å². The summed E-state index contributed by atoms with van der Waals surface area (Å²) in [5.41, 5.74) is 5.27. The third-order valence-corrected chi connectivity index (χ3v) is 10.1. The number of nitrogens with zero attached hydrogens (tertiary/aromatic N) is 7. The Morgan fingerprint density at radius 3 is 2.73 bits per heavy atom. The van der Waals surface area contributed by atoms with Crippen LogP contribution in [0.25, 0.3) is 28.3 Å². The maximum absolute atomic E-state index is 15.8. The fourth-order valence-electron chi connectivity index (χ4n) is 6.43. The summed E-state index contributed by atoms with van der Waals surface area (Å²) in [5, 5.41) is 19.0. The SMILES string of the molecule is C[C@@H]1c2ccccc2CCN1C(=O)c1c(-c2cccc(C3CNCC3(F)S(N)(=O)=O)c2)nn2c(-c3cnn(C)n3)ccnc12. The van der Waals surface area contributed by atoms with E-state index in [1.54, 1.807) is 54.3 Å². The van der Waals surface area contributed by atoms with Gasteiger partial charge in [0.1, 0.15) is 17.0 Å². The summed E-state index contributed by atoms with van der Waals surface area (Å²) in [6.45, 7) is 2.17. The van der Waals surface area contributed by atoms with Gasteiger partial charge in [0.05, 0.1) is 17.9 Å². The fraction of sp³-hybridized carbons (Fsp3) is 0.300. The van der Waals surface area contributed by atoms with Crippen molar-refractivity contribution < 1.29 is 17.6 Å². The summed E-state index contributed by atoms with van der Waals surface area (Å²) in [7, 11) is -2.83. The molecule has 2 aromatic carbocycles. The quantitative estimate of drug-likeness (QED) is 0.306. The van der Waals surface area contributed by atoms with E-state index in [0.717, 1.165) is 5.56 Å². The Bertz CT molecular complexity index is 2040. The van der Waals surface area contributed by atoms with Crippen molar-refractivity contribution in [3.8, 4) is 22.6 Å². The number of nitrogens with one attached hydrogen (secondary N) is 1. The second-order valence-electron chi connectivity index (χ2n) is 11.3. The van der Waals surface area contributed by atoms with Gasteiger partial charge >= 0.3 is 0 Å². The molecule has 1 amide bonds. The Morgan fingerprint density at radius 2 is 1.95 bits per heavy atom. The molecule has 0 spiro atoms. The zero-order chi connectivity index (χ0) is 30.8. The van der Waals surface area contributed by atoms with Crippen molar-refractivity contribution in [1.29, 1.82) is 0 Å². The number of primary sulfonamides is 1. The molecule has 7 rings (SSSR count). The van der Waals surface area contributed by atoms with Crippen LogP contribution in [0.4, 0.5) is 4.39 Å². The first-order valence-corrected chi connectivity index (χ1v) is 15.8. The highest BCUT2D eigenvalue weighted by Crippen LogP contribution is 2.40. The standard InChI is InChI=1S/C30H30FN9O3S/c1-18-22-9-4-3-6-19(22)11-13-39(18)29(41)26-27(37-40-25(10-12-34-28(26)40)24-16-35-38(2)36-24)21-8-5-7-20(14-21)23-15-33-17-30(23,31)44(32,42)43/h3-10,12,14,16,18,23,33H,11,13,15,17H2,1-2H3,(H2,32,42,43)/t18-,23?,30?/m1/s1. The molecule has 3 atom stereocenters. The van der Waals surface area contributed by atoms with Gasteiger partial charge in [0.2, 0.25) is 15.0 Å². The predicted octanol–water partition coefficient (Wildman–Crippen LogP) is 2.59. The lowest BCUT2D eigenvalue weighted by molar-refractivity contribution is 0.0680. The maximum Gasteiger partial charge on any atom is 0.260 e. The highest BCUT2D eigenvalue weighted by atomic mass is 32.2. The molecule has 3 N–H and O–H groups in total. The molecule has 0 radical (unpaired) electrons. The van der Waals surface area contributed by atoms with E-state index in [-0.39, 0.29) is 24.1 Å². The molecule has 12 nitrogen and oxygen atoms in total. The van der Waals surface area contributed by atoms with Crippen LogP contribution < -0.4 is 10.5 Å². The molecule has 5 aromatic rings. The molecular weight excluding hydrogens is 585 g/mol. The van der Waals surface area contributed by atoms with E-state index in [1.807, 2.05) is 30.0 Å². The number of fused-ring (bicyclic) bond motifs is 2. The Morgan fingerprint density at radius 1 is 1.14 bits per heavy atom. The second kappa shape index (κ2) is 10.3. The molecule has 5 heterocycles. The lowest BCUT2D eigenvalue weighted by atomic mass is 9.92. The Labute approximate surface area is 252 Å². The number of alkyl halides is 1. The first-order chi connectivity index (χ1) is 21.1. The summed E-state index contributed by atoms with van der Waals surface area (Å²) in [4.78, 5) is 22.4. The number of amides is 1. The third kappa shape index (κ3) is 4.40. The van der Waals surface area contributed by atoms with E-state index < -0.39 is 27.5 Å². The number of halogens is 1. The molecule has 0 aliphatic carbocycles. The number of aryl methyl sites for hydroxylation is 1. The molecule has 1 fully saturated rings. The van der Waals surface area contributed by atoms with Crippen molar-refractivity contribution in [2.45, 2.75) is 30.3 Å². The first-order valence-electron chi connectivity index (χ1n) is 14.2. The van der Waals surface area contributed by atoms with Gasteiger partial charge in [-0.3, -0.25) is 4.79 Å². The maximum atomic E-state index is 15.8. The normalized spacial score (nSPS) is 22.0. The fourth-order valence-corrected chi connectivity index (χ4v) is 7.34. The molecule has 2 unspecified atom stereocenters. The Kier molecular flexibility index (Phi) is 6.60. The van der Waals surface area contributed by atoms with Gasteiger partial charge in [0.15, 0.2) is 5.65 Å². The molecular formula is C30H30FN9O3S. The van der Waals surface area contributed by atoms with E-state index in [4.69, 9.17) is 10.2 Å². The Balaban J connectivity index is 1.40. The number of carbonyl (C=O) groups is 1. The number of hydrogen-bond donors (Lipinski definition) is 2. The van der Waals surface area contributed by atoms with Gasteiger partial charge in [-0.1, -0.05) is 42.5 Å². The second-order valence-corrected chi connectivity index (χ2v) is 13.0. The van der Waals surface area contributed by atoms with Crippen molar-refractivity contribution in [2.75, 3.05) is 19.6 Å². The summed E-state index contributed by atoms with van der Waals surface area (Å²) >= 11 is 0. The number of nitrogens with two attached hydrogens (primary N) is 1. The summed E-state index contributed by atoms with van der Waals surface area (Å²) in [6, 6.07) is 16.4. The van der Waals surface area contributed by atoms with E-state index in [1.165, 1.54) is 10.4 Å². The smallest absolute Gasteiger partial charge is 0.260 e. The van der Waals surface area contributed by atoms with Crippen LogP contribution in [0.5, 0.6) is 0 Å². The van der Waals surface area contributed by atoms with Crippen molar-refractivity contribution in [2.24, 2.45) is 12.2 Å². The minimum absolute atomic E-state index is 0.0798. The lowest BCUT2D eigenvalue weighted by Gasteiger charge is -2.35. The van der Waals surface area contributed by atoms with Crippen LogP contribution in [-0.2, 0) is 23.5 Å². The average molecular weight is 616 g/mol. The van der Waals surface area contributed by atoms with Crippen molar-refractivity contribution >= 4 is 21.6 Å². The van der Waals surface area contributed by atoms with E-state index >= 15 is 4.39 Å². The van der Waals surface area contributed by atoms with Crippen molar-refractivity contribution in [3.05, 3.63) is 89.2 Å². The minimum Gasteiger partial charge on any atom is -0.331 e. The highest BCUT2D eigenvalue weighted by molar-refractivity contribution is 7.90. The van der Waals surface area contributed by atoms with Gasteiger partial charge in [-0.25, -0.2) is 27.4 Å². The van der Waals surface area contributed by atoms with Gasteiger partial charge in [0.25, 0.3) is 5.91 Å². The molecule has 0 saturated carbocycles. The lowest BCUT2D eigenvalue weighted by Crippen LogP contribution is -2.44. The predicted molar refractivity (Wildman–Crippen MR) is 161 cm³/mol. The first kappa shape index (κ1) is 28.3. The van der Waals surface area contributed by atoms with Crippen LogP contribution in [0.1, 0.15) is 45.9 Å². The number of carbonyl (C=O) groups excluding carboxylic acids is 1. The van der Waals surface area contributed by atoms with Gasteiger partial charge < -0.3 is 10.2 Å². The number of hydrogen-bond acceptors (Lipinski definition) is 8. The number of sulfonamides is 1. The summed E-state index contributed by atoms with van der Waals surface area (Å²) in [5.74, 6) is -1.31. The molecule has 1 saturated heterocycles. The average Bonchev–Trinajstić information content (AvgIpc) is 3.74. The zero-order valence-corrected chi connectivity index (χ0v) is 24.9. The molecule has 14 heteroatoms. The van der Waals surface area contributed by atoms with E-state index in [9.17, 15) is 13.2 Å². The largest absolute Gasteiger partial charge is 0.331 e. The molecule has 0 bridgehead atoms. The van der Waals surface area contributed by atoms with Crippen LogP contribution in [0, 0.1) is 0 Å². The van der Waals surface area contributed by atoms with Crippen LogP contribution >= 0.6 is 0 Å². The summed E-state index contributed by atoms with van der Waals surface area (Å²) in [6.07, 6.45) is 3.90. The van der Waals surface area contributed by atoms with Gasteiger partial charge in [-0.2, -0.15) is 20.1 Å². The van der Waals surface area contributed by atoms with Crippen LogP contribution in [-0.4, -0.2) is 73.5 Å². The summed E-state index contributed by atoms with van der Waals surface area (Å²) < 4.78 is 42.0. The molecule has 226 valence electrons. The third-order valence-electron chi connectivity index (χ3n) is 8.72. The van der Waals surface area contributed by atoms with Crippen molar-refractivity contribution in [3.63, 3.8) is 0 Å². The molecule has 2 aliphatic heterocycles. The molecule has 3 aromatic heterocycles. The minimum atomic E-state index is -4.53. The zero-order valence-electron chi connectivity index (χ0n) is 24.1. The number of rotatable bonds is 5. The van der Waals surface area contributed by atoms with Crippen LogP contribution in [0.2, 0.25) is 0 Å². The van der Waals surface area contributed by atoms with E-state index in [2.05, 4.69) is 26.6 Å². The molecule has 44 heavy (non-hydrogen) atoms. The topological polar surface area (TPSA) is 153 Å². The Hall–Kier alpha value is -4.53. The number of benzene rings is 2. The van der Waals surface area contributed by atoms with Crippen molar-refractivity contribution in [1.82, 2.24) is 39.8 Å². The van der Waals surface area contributed by atoms with Crippen LogP contribution in [0.3, 0.4) is 0 Å². The number of aromatic nitrogens is 6. The van der Waals surface area contributed by atoms with E-state index in [0.29, 0.717) is 46.8 Å². The van der Waals surface area contributed by atoms with Gasteiger partial charge in [-0.15, -0.1) is 0 Å². The van der Waals surface area contributed by atoms with Gasteiger partial charge in [0, 0.05) is 44.4 Å². The monoisotopic (exact) mass is 615 g/mol.